The molecule has 7 nitrogen and oxygen atoms in total. The molecule has 3 aromatic carbocycles. The number of hydrazone groups is 1. The lowest BCUT2D eigenvalue weighted by molar-refractivity contribution is -0.118. The molecule has 0 aliphatic rings. The van der Waals surface area contributed by atoms with Crippen molar-refractivity contribution in [2.75, 3.05) is 5.75 Å². The molecule has 0 unspecified atom stereocenters. The molecule has 1 heterocycles. The van der Waals surface area contributed by atoms with Crippen LogP contribution in [0.1, 0.15) is 15.9 Å². The van der Waals surface area contributed by atoms with Crippen LogP contribution < -0.4 is 10.2 Å². The molecule has 0 radical (unpaired) electrons. The van der Waals surface area contributed by atoms with Crippen LogP contribution in [-0.4, -0.2) is 28.8 Å². The summed E-state index contributed by atoms with van der Waals surface area (Å²) in [6.07, 6.45) is 1.38. The first-order chi connectivity index (χ1) is 16.0. The normalized spacial score (nSPS) is 11.1. The maximum absolute atomic E-state index is 12.2. The second-order valence-corrected chi connectivity index (χ2v) is 8.34. The van der Waals surface area contributed by atoms with E-state index in [1.54, 1.807) is 36.4 Å². The molecule has 4 aromatic rings. The number of halogens is 2. The summed E-state index contributed by atoms with van der Waals surface area (Å²) in [5.41, 5.74) is 4.68. The van der Waals surface area contributed by atoms with E-state index in [-0.39, 0.29) is 27.5 Å². The van der Waals surface area contributed by atoms with Crippen molar-refractivity contribution in [2.24, 2.45) is 5.10 Å². The molecule has 0 saturated carbocycles. The first kappa shape index (κ1) is 22.8. The number of benzene rings is 3. The Hall–Kier alpha value is -3.33. The van der Waals surface area contributed by atoms with Gasteiger partial charge in [0.25, 0.3) is 11.1 Å². The molecule has 33 heavy (non-hydrogen) atoms. The topological polar surface area (TPSA) is 93.8 Å². The SMILES string of the molecule is O=C(CSc1nc2ccccc2o1)N/N=C\c1cc(Cl)c(OC(=O)c2ccccc2)c(Cl)c1. The number of aromatic nitrogens is 1. The minimum absolute atomic E-state index is 0.0445. The molecule has 1 aromatic heterocycles. The Kier molecular flexibility index (Phi) is 7.29. The van der Waals surface area contributed by atoms with Gasteiger partial charge in [0.1, 0.15) is 5.52 Å². The van der Waals surface area contributed by atoms with Crippen LogP contribution in [0, 0.1) is 0 Å². The summed E-state index contributed by atoms with van der Waals surface area (Å²) in [5.74, 6) is -0.809. The van der Waals surface area contributed by atoms with Gasteiger partial charge in [-0.3, -0.25) is 4.79 Å². The van der Waals surface area contributed by atoms with Gasteiger partial charge in [-0.25, -0.2) is 15.2 Å². The van der Waals surface area contributed by atoms with Gasteiger partial charge in [-0.2, -0.15) is 5.10 Å². The smallest absolute Gasteiger partial charge is 0.343 e. The van der Waals surface area contributed by atoms with E-state index in [0.29, 0.717) is 21.9 Å². The second kappa shape index (κ2) is 10.5. The number of para-hydroxylation sites is 2. The van der Waals surface area contributed by atoms with Gasteiger partial charge in [0.05, 0.1) is 27.6 Å². The van der Waals surface area contributed by atoms with E-state index in [4.69, 9.17) is 32.4 Å². The summed E-state index contributed by atoms with van der Waals surface area (Å²) in [5, 5.41) is 4.56. The number of nitrogens with one attached hydrogen (secondary N) is 1. The van der Waals surface area contributed by atoms with Crippen LogP contribution in [0.3, 0.4) is 0 Å². The van der Waals surface area contributed by atoms with Gasteiger partial charge in [-0.15, -0.1) is 0 Å². The predicted octanol–water partition coefficient (Wildman–Crippen LogP) is 5.60. The Balaban J connectivity index is 1.33. The minimum atomic E-state index is -0.579. The third-order valence-corrected chi connectivity index (χ3v) is 5.62. The van der Waals surface area contributed by atoms with Crippen molar-refractivity contribution in [3.63, 3.8) is 0 Å². The number of hydrogen-bond donors (Lipinski definition) is 1. The summed E-state index contributed by atoms with van der Waals surface area (Å²) in [4.78, 5) is 28.6. The summed E-state index contributed by atoms with van der Waals surface area (Å²) >= 11 is 13.6. The molecule has 0 aliphatic heterocycles. The van der Waals surface area contributed by atoms with Crippen LogP contribution in [-0.2, 0) is 4.79 Å². The maximum Gasteiger partial charge on any atom is 0.343 e. The number of rotatable bonds is 7. The minimum Gasteiger partial charge on any atom is -0.431 e. The number of carbonyl (C=O) groups excluding carboxylic acids is 2. The second-order valence-electron chi connectivity index (χ2n) is 6.60. The molecule has 1 amide bonds. The van der Waals surface area contributed by atoms with Gasteiger partial charge < -0.3 is 9.15 Å². The summed E-state index contributed by atoms with van der Waals surface area (Å²) in [6.45, 7) is 0. The molecule has 0 atom stereocenters. The van der Waals surface area contributed by atoms with Crippen molar-refractivity contribution in [1.29, 1.82) is 0 Å². The monoisotopic (exact) mass is 499 g/mol. The first-order valence-corrected chi connectivity index (χ1v) is 11.3. The van der Waals surface area contributed by atoms with Crippen molar-refractivity contribution in [3.05, 3.63) is 87.9 Å². The molecule has 0 bridgehead atoms. The van der Waals surface area contributed by atoms with E-state index in [9.17, 15) is 9.59 Å². The van der Waals surface area contributed by atoms with Crippen LogP contribution >= 0.6 is 35.0 Å². The average molecular weight is 500 g/mol. The van der Waals surface area contributed by atoms with E-state index < -0.39 is 5.97 Å². The summed E-state index contributed by atoms with van der Waals surface area (Å²) < 4.78 is 10.9. The summed E-state index contributed by atoms with van der Waals surface area (Å²) in [7, 11) is 0. The van der Waals surface area contributed by atoms with E-state index in [0.717, 1.165) is 17.3 Å². The maximum atomic E-state index is 12.2. The van der Waals surface area contributed by atoms with Crippen LogP contribution in [0.25, 0.3) is 11.1 Å². The van der Waals surface area contributed by atoms with Crippen molar-refractivity contribution in [3.8, 4) is 5.75 Å². The van der Waals surface area contributed by atoms with Crippen molar-refractivity contribution >= 4 is 64.2 Å². The number of thioether (sulfide) groups is 1. The van der Waals surface area contributed by atoms with Gasteiger partial charge in [0.15, 0.2) is 11.3 Å². The van der Waals surface area contributed by atoms with Gasteiger partial charge in [0, 0.05) is 0 Å². The number of esters is 1. The molecule has 4 rings (SSSR count). The zero-order valence-corrected chi connectivity index (χ0v) is 19.2. The molecular formula is C23H15Cl2N3O4S. The van der Waals surface area contributed by atoms with E-state index in [1.807, 2.05) is 18.2 Å². The fourth-order valence-corrected chi connectivity index (χ4v) is 3.94. The highest BCUT2D eigenvalue weighted by Crippen LogP contribution is 2.34. The Labute approximate surface area is 202 Å². The standard InChI is InChI=1S/C23H15Cl2N3O4S/c24-16-10-14(11-17(25)21(16)32-22(30)15-6-2-1-3-7-15)12-26-28-20(29)13-33-23-27-18-8-4-5-9-19(18)31-23/h1-12H,13H2,(H,28,29)/b26-12-. The highest BCUT2D eigenvalue weighted by Gasteiger charge is 2.15. The number of nitrogens with zero attached hydrogens (tertiary/aromatic N) is 2. The fourth-order valence-electron chi connectivity index (χ4n) is 2.73. The highest BCUT2D eigenvalue weighted by atomic mass is 35.5. The number of fused-ring (bicyclic) bond motifs is 1. The van der Waals surface area contributed by atoms with E-state index in [1.165, 1.54) is 18.3 Å². The van der Waals surface area contributed by atoms with Gasteiger partial charge >= 0.3 is 5.97 Å². The summed E-state index contributed by atoms with van der Waals surface area (Å²) in [6, 6.07) is 18.9. The molecule has 0 fully saturated rings. The van der Waals surface area contributed by atoms with Crippen molar-refractivity contribution in [1.82, 2.24) is 10.4 Å². The lowest BCUT2D eigenvalue weighted by Gasteiger charge is -2.09. The zero-order chi connectivity index (χ0) is 23.2. The molecule has 1 N–H and O–H groups in total. The first-order valence-electron chi connectivity index (χ1n) is 9.56. The van der Waals surface area contributed by atoms with E-state index >= 15 is 0 Å². The van der Waals surface area contributed by atoms with Crippen molar-refractivity contribution < 1.29 is 18.7 Å². The number of hydrogen-bond acceptors (Lipinski definition) is 7. The Morgan fingerprint density at radius 1 is 1.06 bits per heavy atom. The zero-order valence-electron chi connectivity index (χ0n) is 16.8. The lowest BCUT2D eigenvalue weighted by atomic mass is 10.2. The van der Waals surface area contributed by atoms with Crippen LogP contribution in [0.4, 0.5) is 0 Å². The third-order valence-electron chi connectivity index (χ3n) is 4.23. The fraction of sp³-hybridized carbons (Fsp3) is 0.0435. The Morgan fingerprint density at radius 3 is 2.48 bits per heavy atom. The molecule has 0 spiro atoms. The van der Waals surface area contributed by atoms with Crippen molar-refractivity contribution in [2.45, 2.75) is 5.22 Å². The molecule has 0 saturated heterocycles. The molecule has 166 valence electrons. The third kappa shape index (κ3) is 5.92. The van der Waals surface area contributed by atoms with E-state index in [2.05, 4.69) is 15.5 Å². The molecular weight excluding hydrogens is 485 g/mol. The van der Waals surface area contributed by atoms with Crippen LogP contribution in [0.15, 0.2) is 81.5 Å². The Morgan fingerprint density at radius 2 is 1.76 bits per heavy atom. The number of amides is 1. The molecule has 10 heteroatoms. The van der Waals surface area contributed by atoms with Gasteiger partial charge in [0.2, 0.25) is 0 Å². The average Bonchev–Trinajstić information content (AvgIpc) is 3.24. The quantitative estimate of drug-likeness (QED) is 0.117. The number of oxazole rings is 1. The molecule has 0 aliphatic carbocycles. The predicted molar refractivity (Wildman–Crippen MR) is 128 cm³/mol. The Bertz CT molecular complexity index is 1290. The lowest BCUT2D eigenvalue weighted by Crippen LogP contribution is -2.19. The van der Waals surface area contributed by atoms with Gasteiger partial charge in [-0.1, -0.05) is 65.3 Å². The van der Waals surface area contributed by atoms with Gasteiger partial charge in [-0.05, 0) is 42.0 Å². The largest absolute Gasteiger partial charge is 0.431 e. The number of carbonyl (C=O) groups is 2. The highest BCUT2D eigenvalue weighted by molar-refractivity contribution is 7.99. The van der Waals surface area contributed by atoms with Crippen LogP contribution in [0.5, 0.6) is 5.75 Å². The van der Waals surface area contributed by atoms with Crippen LogP contribution in [0.2, 0.25) is 10.0 Å². The number of ether oxygens (including phenoxy) is 1.